The lowest BCUT2D eigenvalue weighted by atomic mass is 10.2. The van der Waals surface area contributed by atoms with E-state index in [1.54, 1.807) is 6.08 Å². The molecule has 0 saturated heterocycles. The average molecular weight is 252 g/mol. The van der Waals surface area contributed by atoms with E-state index in [1.165, 1.54) is 0 Å². The summed E-state index contributed by atoms with van der Waals surface area (Å²) in [4.78, 5) is 13.8. The number of unbranched alkanes of at least 4 members (excludes halogenated alkanes) is 2. The van der Waals surface area contributed by atoms with Gasteiger partial charge in [-0.3, -0.25) is 5.21 Å². The van der Waals surface area contributed by atoms with Gasteiger partial charge in [0.2, 0.25) is 11.9 Å². The molecule has 7 nitrogen and oxygen atoms in total. The maximum Gasteiger partial charge on any atom is 0.253 e. The van der Waals surface area contributed by atoms with E-state index in [4.69, 9.17) is 10.9 Å². The fourth-order valence-corrected chi connectivity index (χ4v) is 1.55. The third-order valence-electron chi connectivity index (χ3n) is 2.40. The monoisotopic (exact) mass is 252 g/mol. The highest BCUT2D eigenvalue weighted by atomic mass is 16.5. The minimum Gasteiger partial charge on any atom is -0.368 e. The smallest absolute Gasteiger partial charge is 0.253 e. The van der Waals surface area contributed by atoms with Gasteiger partial charge in [0, 0.05) is 13.1 Å². The number of hydrogen-bond donors (Lipinski definition) is 3. The zero-order chi connectivity index (χ0) is 13.4. The van der Waals surface area contributed by atoms with E-state index in [1.807, 2.05) is 10.4 Å². The van der Waals surface area contributed by atoms with Crippen LogP contribution in [0.1, 0.15) is 26.2 Å². The van der Waals surface area contributed by atoms with Crippen LogP contribution < -0.4 is 16.1 Å². The Morgan fingerprint density at radius 2 is 2.17 bits per heavy atom. The normalized spacial score (nSPS) is 10.1. The van der Waals surface area contributed by atoms with Crippen molar-refractivity contribution < 1.29 is 5.21 Å². The van der Waals surface area contributed by atoms with E-state index >= 15 is 0 Å². The summed E-state index contributed by atoms with van der Waals surface area (Å²) in [6, 6.07) is 0. The molecule has 0 fully saturated rings. The van der Waals surface area contributed by atoms with E-state index in [-0.39, 0.29) is 11.9 Å². The average Bonchev–Trinajstić information content (AvgIpc) is 2.37. The number of nitrogens with one attached hydrogen (secondary N) is 1. The Hall–Kier alpha value is -1.89. The minimum absolute atomic E-state index is 0.0436. The van der Waals surface area contributed by atoms with Crippen molar-refractivity contribution in [1.29, 1.82) is 0 Å². The fourth-order valence-electron chi connectivity index (χ4n) is 1.55. The molecule has 0 aliphatic carbocycles. The van der Waals surface area contributed by atoms with Crippen LogP contribution in [0.5, 0.6) is 0 Å². The molecule has 1 aromatic rings. The summed E-state index contributed by atoms with van der Waals surface area (Å²) in [5.41, 5.74) is 7.44. The number of anilines is 3. The lowest BCUT2D eigenvalue weighted by molar-refractivity contribution is 0.382. The Morgan fingerprint density at radius 3 is 2.78 bits per heavy atom. The van der Waals surface area contributed by atoms with Gasteiger partial charge in [0.05, 0.1) is 0 Å². The molecule has 1 aromatic heterocycles. The first-order chi connectivity index (χ1) is 8.71. The first kappa shape index (κ1) is 14.2. The molecule has 0 bridgehead atoms. The zero-order valence-electron chi connectivity index (χ0n) is 10.6. The molecule has 1 heterocycles. The summed E-state index contributed by atoms with van der Waals surface area (Å²) >= 11 is 0. The minimum atomic E-state index is 0.0436. The molecule has 4 N–H and O–H groups in total. The Bertz CT molecular complexity index is 384. The molecule has 18 heavy (non-hydrogen) atoms. The first-order valence-corrected chi connectivity index (χ1v) is 5.98. The van der Waals surface area contributed by atoms with Crippen LogP contribution in [0, 0.1) is 0 Å². The third kappa shape index (κ3) is 4.17. The molecule has 0 saturated carbocycles. The van der Waals surface area contributed by atoms with E-state index in [2.05, 4.69) is 28.5 Å². The Morgan fingerprint density at radius 1 is 1.39 bits per heavy atom. The lowest BCUT2D eigenvalue weighted by Gasteiger charge is -2.21. The highest BCUT2D eigenvalue weighted by Crippen LogP contribution is 2.12. The highest BCUT2D eigenvalue weighted by molar-refractivity contribution is 5.41. The second-order valence-corrected chi connectivity index (χ2v) is 3.87. The summed E-state index contributed by atoms with van der Waals surface area (Å²) in [7, 11) is 0. The lowest BCUT2D eigenvalue weighted by Crippen LogP contribution is -2.27. The SMILES string of the molecule is C=CCN(CCCCC)c1nc(N)nc(NO)n1. The van der Waals surface area contributed by atoms with Crippen molar-refractivity contribution in [2.45, 2.75) is 26.2 Å². The Kier molecular flexibility index (Phi) is 5.86. The van der Waals surface area contributed by atoms with Gasteiger partial charge in [-0.25, -0.2) is 5.48 Å². The van der Waals surface area contributed by atoms with Gasteiger partial charge in [-0.15, -0.1) is 6.58 Å². The number of rotatable bonds is 8. The molecule has 1 rings (SSSR count). The summed E-state index contributed by atoms with van der Waals surface area (Å²) in [6.07, 6.45) is 5.10. The van der Waals surface area contributed by atoms with Gasteiger partial charge in [0.25, 0.3) is 5.95 Å². The van der Waals surface area contributed by atoms with Crippen molar-refractivity contribution in [1.82, 2.24) is 15.0 Å². The highest BCUT2D eigenvalue weighted by Gasteiger charge is 2.11. The van der Waals surface area contributed by atoms with Crippen LogP contribution in [0.15, 0.2) is 12.7 Å². The number of aromatic nitrogens is 3. The maximum absolute atomic E-state index is 8.82. The van der Waals surface area contributed by atoms with Gasteiger partial charge in [0.15, 0.2) is 0 Å². The molecule has 0 spiro atoms. The second kappa shape index (κ2) is 7.44. The van der Waals surface area contributed by atoms with E-state index in [0.717, 1.165) is 25.8 Å². The summed E-state index contributed by atoms with van der Waals surface area (Å²) in [5, 5.41) is 8.82. The van der Waals surface area contributed by atoms with Gasteiger partial charge in [-0.1, -0.05) is 25.8 Å². The standard InChI is InChI=1S/C11H20N6O/c1-3-5-6-8-17(7-4-2)11-14-9(12)13-10(15-11)16-18/h4,18H,2-3,5-8H2,1H3,(H3,12,13,14,15,16). The van der Waals surface area contributed by atoms with Crippen LogP contribution in [0.25, 0.3) is 0 Å². The molecular weight excluding hydrogens is 232 g/mol. The summed E-state index contributed by atoms with van der Waals surface area (Å²) in [6.45, 7) is 7.29. The zero-order valence-corrected chi connectivity index (χ0v) is 10.6. The molecule has 7 heteroatoms. The molecule has 0 unspecified atom stereocenters. The maximum atomic E-state index is 8.82. The molecule has 0 atom stereocenters. The Labute approximate surface area is 107 Å². The van der Waals surface area contributed by atoms with Crippen LogP contribution in [-0.2, 0) is 0 Å². The van der Waals surface area contributed by atoms with Crippen LogP contribution in [0.4, 0.5) is 17.8 Å². The van der Waals surface area contributed by atoms with Crippen molar-refractivity contribution >= 4 is 17.8 Å². The molecule has 0 amide bonds. The quantitative estimate of drug-likeness (QED) is 0.365. The van der Waals surface area contributed by atoms with Crippen molar-refractivity contribution in [3.63, 3.8) is 0 Å². The van der Waals surface area contributed by atoms with E-state index in [0.29, 0.717) is 12.5 Å². The van der Waals surface area contributed by atoms with Gasteiger partial charge in [-0.05, 0) is 6.42 Å². The van der Waals surface area contributed by atoms with Crippen LogP contribution in [0.3, 0.4) is 0 Å². The van der Waals surface area contributed by atoms with Gasteiger partial charge in [0.1, 0.15) is 0 Å². The molecule has 0 aromatic carbocycles. The predicted molar refractivity (Wildman–Crippen MR) is 71.6 cm³/mol. The molecule has 100 valence electrons. The molecular formula is C11H20N6O. The summed E-state index contributed by atoms with van der Waals surface area (Å²) in [5.74, 6) is 0.554. The van der Waals surface area contributed by atoms with E-state index < -0.39 is 0 Å². The molecule has 0 radical (unpaired) electrons. The van der Waals surface area contributed by atoms with Crippen molar-refractivity contribution in [3.8, 4) is 0 Å². The van der Waals surface area contributed by atoms with Crippen LogP contribution in [0.2, 0.25) is 0 Å². The van der Waals surface area contributed by atoms with Crippen molar-refractivity contribution in [2.24, 2.45) is 0 Å². The fraction of sp³-hybridized carbons (Fsp3) is 0.545. The van der Waals surface area contributed by atoms with Gasteiger partial charge >= 0.3 is 0 Å². The number of nitrogens with zero attached hydrogens (tertiary/aromatic N) is 4. The van der Waals surface area contributed by atoms with Crippen LogP contribution in [-0.4, -0.2) is 33.2 Å². The molecule has 0 aliphatic heterocycles. The number of nitrogens with two attached hydrogens (primary N) is 1. The number of nitrogen functional groups attached to an aromatic ring is 1. The molecule has 0 aliphatic rings. The number of hydrogen-bond acceptors (Lipinski definition) is 7. The van der Waals surface area contributed by atoms with Crippen molar-refractivity contribution in [3.05, 3.63) is 12.7 Å². The largest absolute Gasteiger partial charge is 0.368 e. The predicted octanol–water partition coefficient (Wildman–Crippen LogP) is 1.44. The first-order valence-electron chi connectivity index (χ1n) is 5.98. The van der Waals surface area contributed by atoms with E-state index in [9.17, 15) is 0 Å². The van der Waals surface area contributed by atoms with Crippen LogP contribution >= 0.6 is 0 Å². The third-order valence-corrected chi connectivity index (χ3v) is 2.40. The van der Waals surface area contributed by atoms with Crippen molar-refractivity contribution in [2.75, 3.05) is 29.2 Å². The van der Waals surface area contributed by atoms with Gasteiger partial charge in [-0.2, -0.15) is 15.0 Å². The topological polar surface area (TPSA) is 100 Å². The summed E-state index contributed by atoms with van der Waals surface area (Å²) < 4.78 is 0. The Balaban J connectivity index is 2.82. The second-order valence-electron chi connectivity index (χ2n) is 3.87. The van der Waals surface area contributed by atoms with Gasteiger partial charge < -0.3 is 10.6 Å².